The highest BCUT2D eigenvalue weighted by molar-refractivity contribution is 7.90. The molecular weight excluding hydrogens is 565 g/mol. The fourth-order valence-electron chi connectivity index (χ4n) is 5.32. The lowest BCUT2D eigenvalue weighted by molar-refractivity contribution is -0.142. The van der Waals surface area contributed by atoms with Crippen molar-refractivity contribution in [3.8, 4) is 5.75 Å². The molecule has 3 heterocycles. The molecule has 3 aliphatic rings. The second kappa shape index (κ2) is 10.7. The van der Waals surface area contributed by atoms with E-state index in [4.69, 9.17) is 4.74 Å². The number of amides is 3. The van der Waals surface area contributed by atoms with E-state index in [0.29, 0.717) is 27.7 Å². The molecule has 0 unspecified atom stereocenters. The lowest BCUT2D eigenvalue weighted by atomic mass is 9.89. The number of fused-ring (bicyclic) bond motifs is 1. The Morgan fingerprint density at radius 1 is 0.976 bits per heavy atom. The van der Waals surface area contributed by atoms with Crippen molar-refractivity contribution in [1.29, 1.82) is 0 Å². The van der Waals surface area contributed by atoms with E-state index in [0.717, 1.165) is 11.1 Å². The van der Waals surface area contributed by atoms with E-state index in [9.17, 15) is 36.0 Å². The highest BCUT2D eigenvalue weighted by Crippen LogP contribution is 2.38. The molecule has 0 radical (unpaired) electrons. The zero-order chi connectivity index (χ0) is 29.6. The van der Waals surface area contributed by atoms with Crippen LogP contribution in [0.1, 0.15) is 46.8 Å². The van der Waals surface area contributed by atoms with Crippen molar-refractivity contribution >= 4 is 27.7 Å². The fraction of sp³-hybridized carbons (Fsp3) is 0.444. The molecule has 0 aromatic heterocycles. The molecule has 41 heavy (non-hydrogen) atoms. The number of halogens is 3. The van der Waals surface area contributed by atoms with Crippen molar-refractivity contribution in [2.45, 2.75) is 50.5 Å². The van der Waals surface area contributed by atoms with Crippen LogP contribution < -0.4 is 10.1 Å². The molecule has 3 amide bonds. The van der Waals surface area contributed by atoms with Gasteiger partial charge in [0.15, 0.2) is 0 Å². The lowest BCUT2D eigenvalue weighted by Crippen LogP contribution is -2.61. The average molecular weight is 595 g/mol. The maximum atomic E-state index is 13.2. The van der Waals surface area contributed by atoms with Gasteiger partial charge in [-0.2, -0.15) is 17.5 Å². The molecule has 0 spiro atoms. The van der Waals surface area contributed by atoms with Crippen LogP contribution in [0.4, 0.5) is 13.2 Å². The minimum absolute atomic E-state index is 0.151. The van der Waals surface area contributed by atoms with Gasteiger partial charge in [-0.05, 0) is 36.6 Å². The topological polar surface area (TPSA) is 116 Å². The molecule has 2 aromatic rings. The summed E-state index contributed by atoms with van der Waals surface area (Å²) in [6.45, 7) is 2.43. The maximum Gasteiger partial charge on any atom is 0.511 e. The van der Waals surface area contributed by atoms with Gasteiger partial charge in [0, 0.05) is 50.3 Å². The van der Waals surface area contributed by atoms with E-state index in [2.05, 4.69) is 5.32 Å². The van der Waals surface area contributed by atoms with Gasteiger partial charge in [0.05, 0.1) is 6.54 Å². The Bertz CT molecular complexity index is 1470. The van der Waals surface area contributed by atoms with Gasteiger partial charge in [-0.25, -0.2) is 8.42 Å². The van der Waals surface area contributed by atoms with E-state index in [1.807, 2.05) is 29.2 Å². The molecule has 10 nitrogen and oxygen atoms in total. The van der Waals surface area contributed by atoms with Crippen molar-refractivity contribution in [1.82, 2.24) is 19.4 Å². The number of hydrogen-bond donors (Lipinski definition) is 1. The summed E-state index contributed by atoms with van der Waals surface area (Å²) in [5.74, 6) is -0.625. The first kappa shape index (κ1) is 29.0. The predicted octanol–water partition coefficient (Wildman–Crippen LogP) is 2.38. The third-order valence-corrected chi connectivity index (χ3v) is 9.52. The van der Waals surface area contributed by atoms with Gasteiger partial charge in [-0.3, -0.25) is 24.6 Å². The molecule has 1 atom stereocenters. The number of hydrogen-bond acceptors (Lipinski definition) is 7. The van der Waals surface area contributed by atoms with Gasteiger partial charge in [0.25, 0.3) is 11.8 Å². The number of piperidine rings is 1. The highest BCUT2D eigenvalue weighted by atomic mass is 32.2. The lowest BCUT2D eigenvalue weighted by Gasteiger charge is -2.39. The normalized spacial score (nSPS) is 22.5. The molecule has 5 rings (SSSR count). The van der Waals surface area contributed by atoms with Crippen LogP contribution in [0.2, 0.25) is 0 Å². The molecule has 0 aliphatic carbocycles. The molecule has 2 fully saturated rings. The van der Waals surface area contributed by atoms with Crippen LogP contribution in [0.3, 0.4) is 0 Å². The molecule has 2 saturated heterocycles. The van der Waals surface area contributed by atoms with Gasteiger partial charge < -0.3 is 9.64 Å². The van der Waals surface area contributed by atoms with Crippen molar-refractivity contribution in [3.05, 3.63) is 64.7 Å². The smallest absolute Gasteiger partial charge is 0.489 e. The van der Waals surface area contributed by atoms with Gasteiger partial charge in [0.1, 0.15) is 17.9 Å². The van der Waals surface area contributed by atoms with E-state index in [1.54, 1.807) is 25.1 Å². The Balaban J connectivity index is 1.18. The molecule has 0 saturated carbocycles. The monoisotopic (exact) mass is 594 g/mol. The molecule has 14 heteroatoms. The zero-order valence-corrected chi connectivity index (χ0v) is 23.1. The van der Waals surface area contributed by atoms with E-state index >= 15 is 0 Å². The molecule has 220 valence electrons. The molecule has 3 aliphatic heterocycles. The summed E-state index contributed by atoms with van der Waals surface area (Å²) in [7, 11) is -5.31. The van der Waals surface area contributed by atoms with Crippen molar-refractivity contribution in [2.75, 3.05) is 26.2 Å². The summed E-state index contributed by atoms with van der Waals surface area (Å²) in [5.41, 5.74) is -3.55. The van der Waals surface area contributed by atoms with Crippen LogP contribution >= 0.6 is 0 Å². The molecular formula is C27H29F3N4O6S. The fourth-order valence-corrected chi connectivity index (χ4v) is 6.26. The average Bonchev–Trinajstić information content (AvgIpc) is 3.28. The number of sulfonamides is 1. The van der Waals surface area contributed by atoms with Crippen LogP contribution in [-0.2, 0) is 39.3 Å². The number of ether oxygens (including phenoxy) is 1. The summed E-state index contributed by atoms with van der Waals surface area (Å²) in [6.07, 6.45) is 0.389. The second-order valence-electron chi connectivity index (χ2n) is 10.6. The van der Waals surface area contributed by atoms with E-state index < -0.39 is 27.0 Å². The Morgan fingerprint density at radius 3 is 2.27 bits per heavy atom. The Hall–Kier alpha value is -3.49. The van der Waals surface area contributed by atoms with Gasteiger partial charge >= 0.3 is 15.5 Å². The third kappa shape index (κ3) is 5.55. The van der Waals surface area contributed by atoms with Crippen molar-refractivity contribution in [2.24, 2.45) is 0 Å². The Morgan fingerprint density at radius 2 is 1.63 bits per heavy atom. The quantitative estimate of drug-likeness (QED) is 0.490. The van der Waals surface area contributed by atoms with Crippen LogP contribution in [-0.4, -0.2) is 77.5 Å². The summed E-state index contributed by atoms with van der Waals surface area (Å²) in [5, 5.41) is 2.33. The number of rotatable bonds is 7. The van der Waals surface area contributed by atoms with Crippen LogP contribution in [0.5, 0.6) is 5.75 Å². The maximum absolute atomic E-state index is 13.2. The number of imide groups is 1. The molecule has 1 N–H and O–H groups in total. The van der Waals surface area contributed by atoms with Crippen LogP contribution in [0, 0.1) is 0 Å². The highest BCUT2D eigenvalue weighted by Gasteiger charge is 2.51. The van der Waals surface area contributed by atoms with Crippen LogP contribution in [0.25, 0.3) is 0 Å². The number of nitrogens with zero attached hydrogens (tertiary/aromatic N) is 3. The molecule has 0 bridgehead atoms. The number of nitrogens with one attached hydrogen (secondary N) is 1. The summed E-state index contributed by atoms with van der Waals surface area (Å²) in [4.78, 5) is 40.8. The third-order valence-electron chi connectivity index (χ3n) is 7.89. The predicted molar refractivity (Wildman–Crippen MR) is 140 cm³/mol. The van der Waals surface area contributed by atoms with Gasteiger partial charge in [-0.1, -0.05) is 30.3 Å². The van der Waals surface area contributed by atoms with E-state index in [-0.39, 0.29) is 64.0 Å². The number of benzene rings is 2. The number of alkyl halides is 3. The first-order chi connectivity index (χ1) is 19.3. The number of carbonyl (C=O) groups excluding carboxylic acids is 3. The Labute approximate surface area is 235 Å². The van der Waals surface area contributed by atoms with Gasteiger partial charge in [0.2, 0.25) is 5.91 Å². The largest absolute Gasteiger partial charge is 0.511 e. The summed E-state index contributed by atoms with van der Waals surface area (Å²) in [6, 6.07) is 12.6. The molecule has 2 aromatic carbocycles. The number of carbonyl (C=O) groups is 3. The summed E-state index contributed by atoms with van der Waals surface area (Å²) < 4.78 is 68.1. The standard InChI is InChI=1S/C27H29F3N4O6S/c1-26(10-9-23(35)31-25(26)37)34-16-21-20(24(34)36)3-2-4-22(21)40-17-19-7-5-18(6-8-19)15-32-11-13-33(14-12-32)41(38,39)27(28,29)30/h2-8H,9-17H2,1H3,(H,31,35,37)/t26-/m0/s1. The van der Waals surface area contributed by atoms with Crippen molar-refractivity contribution in [3.63, 3.8) is 0 Å². The Kier molecular flexibility index (Phi) is 7.59. The number of piperazine rings is 1. The summed E-state index contributed by atoms with van der Waals surface area (Å²) >= 11 is 0. The van der Waals surface area contributed by atoms with Crippen molar-refractivity contribution < 1.29 is 40.7 Å². The van der Waals surface area contributed by atoms with E-state index in [1.165, 1.54) is 4.90 Å². The second-order valence-corrected chi connectivity index (χ2v) is 12.5. The minimum Gasteiger partial charge on any atom is -0.489 e. The first-order valence-corrected chi connectivity index (χ1v) is 14.5. The SMILES string of the molecule is C[C@]1(N2Cc3c(OCc4ccc(CN5CCN(S(=O)(=O)C(F)(F)F)CC5)cc4)cccc3C2=O)CCC(=O)NC1=O. The minimum atomic E-state index is -5.31. The first-order valence-electron chi connectivity index (χ1n) is 13.1. The van der Waals surface area contributed by atoms with Crippen LogP contribution in [0.15, 0.2) is 42.5 Å². The zero-order valence-electron chi connectivity index (χ0n) is 22.2. The van der Waals surface area contributed by atoms with Gasteiger partial charge in [-0.15, -0.1) is 0 Å².